The maximum absolute atomic E-state index is 9.31. The largest absolute Gasteiger partial charge is 0.388 e. The van der Waals surface area contributed by atoms with Crippen LogP contribution in [-0.2, 0) is 0 Å². The summed E-state index contributed by atoms with van der Waals surface area (Å²) < 4.78 is 0. The van der Waals surface area contributed by atoms with Crippen LogP contribution in [-0.4, -0.2) is 45.5 Å². The van der Waals surface area contributed by atoms with Gasteiger partial charge in [-0.3, -0.25) is 0 Å². The second kappa shape index (κ2) is 3.68. The van der Waals surface area contributed by atoms with Gasteiger partial charge in [0.15, 0.2) is 0 Å². The summed E-state index contributed by atoms with van der Waals surface area (Å²) in [6.07, 6.45) is 1.52. The molecule has 0 amide bonds. The first-order valence-electron chi connectivity index (χ1n) is 4.25. The second-order valence-electron chi connectivity index (χ2n) is 3.24. The zero-order chi connectivity index (χ0) is 10.1. The Morgan fingerprint density at radius 3 is 2.21 bits per heavy atom. The number of β-amino-alcohol motifs (C(OH)–C–C–N with tert-alkyl or cyclic N) is 2. The molecule has 1 aromatic rings. The zero-order valence-corrected chi connectivity index (χ0v) is 8.09. The van der Waals surface area contributed by atoms with Gasteiger partial charge in [-0.15, -0.1) is 0 Å². The van der Waals surface area contributed by atoms with Gasteiger partial charge in [-0.05, 0) is 0 Å². The maximum Gasteiger partial charge on any atom is 0.225 e. The number of aliphatic hydroxyl groups is 2. The number of halogens is 1. The molecule has 2 rings (SSSR count). The fourth-order valence-electron chi connectivity index (χ4n) is 1.40. The smallest absolute Gasteiger partial charge is 0.225 e. The summed E-state index contributed by atoms with van der Waals surface area (Å²) in [7, 11) is 0. The van der Waals surface area contributed by atoms with Gasteiger partial charge in [0.25, 0.3) is 0 Å². The van der Waals surface area contributed by atoms with Crippen LogP contribution >= 0.6 is 11.6 Å². The van der Waals surface area contributed by atoms with Gasteiger partial charge in [-0.1, -0.05) is 11.6 Å². The predicted molar refractivity (Wildman–Crippen MR) is 51.3 cm³/mol. The summed E-state index contributed by atoms with van der Waals surface area (Å²) in [6.45, 7) is 0.700. The Bertz CT molecular complexity index is 309. The van der Waals surface area contributed by atoms with Gasteiger partial charge < -0.3 is 15.1 Å². The molecule has 2 unspecified atom stereocenters. The van der Waals surface area contributed by atoms with Crippen molar-refractivity contribution in [1.82, 2.24) is 9.97 Å². The molecular formula is C8H10ClN3O2. The second-order valence-corrected chi connectivity index (χ2v) is 3.68. The van der Waals surface area contributed by atoms with E-state index in [9.17, 15) is 10.2 Å². The molecule has 1 aliphatic rings. The van der Waals surface area contributed by atoms with Gasteiger partial charge in [-0.2, -0.15) is 0 Å². The molecule has 1 aromatic heterocycles. The number of aromatic nitrogens is 2. The lowest BCUT2D eigenvalue weighted by Crippen LogP contribution is -2.23. The standard InChI is InChI=1S/C8H10ClN3O2/c9-5-1-10-8(11-2-5)12-3-6(13)7(14)4-12/h1-2,6-7,13-14H,3-4H2. The Morgan fingerprint density at radius 1 is 1.21 bits per heavy atom. The van der Waals surface area contributed by atoms with Gasteiger partial charge >= 0.3 is 0 Å². The number of hydrogen-bond donors (Lipinski definition) is 2. The Labute approximate surface area is 86.0 Å². The van der Waals surface area contributed by atoms with E-state index in [4.69, 9.17) is 11.6 Å². The molecule has 0 bridgehead atoms. The molecule has 2 heterocycles. The van der Waals surface area contributed by atoms with Crippen LogP contribution in [0.15, 0.2) is 12.4 Å². The van der Waals surface area contributed by atoms with Crippen molar-refractivity contribution < 1.29 is 10.2 Å². The van der Waals surface area contributed by atoms with Gasteiger partial charge in [0, 0.05) is 13.1 Å². The normalized spacial score (nSPS) is 26.9. The topological polar surface area (TPSA) is 69.5 Å². The molecular weight excluding hydrogens is 206 g/mol. The fraction of sp³-hybridized carbons (Fsp3) is 0.500. The zero-order valence-electron chi connectivity index (χ0n) is 7.34. The maximum atomic E-state index is 9.31. The van der Waals surface area contributed by atoms with E-state index < -0.39 is 12.2 Å². The minimum atomic E-state index is -0.728. The van der Waals surface area contributed by atoms with Crippen molar-refractivity contribution in [3.8, 4) is 0 Å². The molecule has 5 nitrogen and oxygen atoms in total. The van der Waals surface area contributed by atoms with Gasteiger partial charge in [-0.25, -0.2) is 9.97 Å². The van der Waals surface area contributed by atoms with E-state index in [1.165, 1.54) is 12.4 Å². The predicted octanol–water partition coefficient (Wildman–Crippen LogP) is -0.328. The van der Waals surface area contributed by atoms with E-state index in [-0.39, 0.29) is 0 Å². The van der Waals surface area contributed by atoms with E-state index >= 15 is 0 Å². The average Bonchev–Trinajstić information content (AvgIpc) is 2.48. The van der Waals surface area contributed by atoms with Crippen LogP contribution in [0.25, 0.3) is 0 Å². The lowest BCUT2D eigenvalue weighted by Gasteiger charge is -2.13. The van der Waals surface area contributed by atoms with Crippen LogP contribution in [0.4, 0.5) is 5.95 Å². The molecule has 6 heteroatoms. The van der Waals surface area contributed by atoms with Crippen LogP contribution in [0.1, 0.15) is 0 Å². The molecule has 2 atom stereocenters. The van der Waals surface area contributed by atoms with Gasteiger partial charge in [0.1, 0.15) is 0 Å². The van der Waals surface area contributed by atoms with Crippen molar-refractivity contribution in [3.05, 3.63) is 17.4 Å². The highest BCUT2D eigenvalue weighted by molar-refractivity contribution is 6.30. The summed E-state index contributed by atoms with van der Waals surface area (Å²) in [5.41, 5.74) is 0. The number of nitrogens with zero attached hydrogens (tertiary/aromatic N) is 3. The first-order valence-corrected chi connectivity index (χ1v) is 4.63. The number of aliphatic hydroxyl groups excluding tert-OH is 2. The van der Waals surface area contributed by atoms with Gasteiger partial charge in [0.2, 0.25) is 5.95 Å². The Hall–Kier alpha value is -0.910. The lowest BCUT2D eigenvalue weighted by molar-refractivity contribution is 0.0572. The third-order valence-electron chi connectivity index (χ3n) is 2.15. The van der Waals surface area contributed by atoms with E-state index in [0.717, 1.165) is 0 Å². The molecule has 2 N–H and O–H groups in total. The van der Waals surface area contributed by atoms with Crippen molar-refractivity contribution >= 4 is 17.5 Å². The van der Waals surface area contributed by atoms with Crippen molar-refractivity contribution in [2.24, 2.45) is 0 Å². The van der Waals surface area contributed by atoms with Crippen LogP contribution in [0.3, 0.4) is 0 Å². The quantitative estimate of drug-likeness (QED) is 0.672. The highest BCUT2D eigenvalue weighted by Gasteiger charge is 2.30. The van der Waals surface area contributed by atoms with Crippen molar-refractivity contribution in [3.63, 3.8) is 0 Å². The first-order chi connectivity index (χ1) is 6.66. The van der Waals surface area contributed by atoms with Crippen molar-refractivity contribution in [2.45, 2.75) is 12.2 Å². The highest BCUT2D eigenvalue weighted by Crippen LogP contribution is 2.16. The molecule has 0 aliphatic carbocycles. The molecule has 0 saturated carbocycles. The Morgan fingerprint density at radius 2 is 1.71 bits per heavy atom. The summed E-state index contributed by atoms with van der Waals surface area (Å²) in [5, 5.41) is 19.1. The summed E-state index contributed by atoms with van der Waals surface area (Å²) in [5.74, 6) is 0.477. The van der Waals surface area contributed by atoms with Crippen LogP contribution < -0.4 is 4.90 Å². The van der Waals surface area contributed by atoms with E-state index in [2.05, 4.69) is 9.97 Å². The molecule has 0 aromatic carbocycles. The fourth-order valence-corrected chi connectivity index (χ4v) is 1.50. The van der Waals surface area contributed by atoms with Crippen molar-refractivity contribution in [1.29, 1.82) is 0 Å². The minimum Gasteiger partial charge on any atom is -0.388 e. The molecule has 1 aliphatic heterocycles. The van der Waals surface area contributed by atoms with E-state index in [1.807, 2.05) is 0 Å². The SMILES string of the molecule is OC1CN(c2ncc(Cl)cn2)CC1O. The molecule has 76 valence electrons. The van der Waals surface area contributed by atoms with Gasteiger partial charge in [0.05, 0.1) is 29.6 Å². The molecule has 1 fully saturated rings. The number of hydrogen-bond acceptors (Lipinski definition) is 5. The van der Waals surface area contributed by atoms with Crippen LogP contribution in [0.5, 0.6) is 0 Å². The first kappa shape index (κ1) is 9.64. The third-order valence-corrected chi connectivity index (χ3v) is 2.34. The lowest BCUT2D eigenvalue weighted by atomic mass is 10.3. The summed E-state index contributed by atoms with van der Waals surface area (Å²) in [6, 6.07) is 0. The third kappa shape index (κ3) is 1.79. The highest BCUT2D eigenvalue weighted by atomic mass is 35.5. The van der Waals surface area contributed by atoms with E-state index in [0.29, 0.717) is 24.1 Å². The minimum absolute atomic E-state index is 0.350. The van der Waals surface area contributed by atoms with Crippen LogP contribution in [0, 0.1) is 0 Å². The molecule has 0 spiro atoms. The van der Waals surface area contributed by atoms with E-state index in [1.54, 1.807) is 4.90 Å². The molecule has 1 saturated heterocycles. The number of anilines is 1. The average molecular weight is 216 g/mol. The van der Waals surface area contributed by atoms with Crippen molar-refractivity contribution in [2.75, 3.05) is 18.0 Å². The molecule has 14 heavy (non-hydrogen) atoms. The number of rotatable bonds is 1. The Kier molecular flexibility index (Phi) is 2.54. The Balaban J connectivity index is 2.13. The van der Waals surface area contributed by atoms with Crippen LogP contribution in [0.2, 0.25) is 5.02 Å². The molecule has 0 radical (unpaired) electrons. The summed E-state index contributed by atoms with van der Waals surface area (Å²) >= 11 is 5.63. The monoisotopic (exact) mass is 215 g/mol. The summed E-state index contributed by atoms with van der Waals surface area (Å²) in [4.78, 5) is 9.69.